The van der Waals surface area contributed by atoms with Crippen molar-refractivity contribution >= 4 is 33.1 Å². The van der Waals surface area contributed by atoms with Crippen molar-refractivity contribution in [1.82, 2.24) is 10.0 Å². The van der Waals surface area contributed by atoms with Crippen molar-refractivity contribution in [3.8, 4) is 0 Å². The average Bonchev–Trinajstić information content (AvgIpc) is 2.41. The molecular formula is C12H15N3O3S2. The van der Waals surface area contributed by atoms with Gasteiger partial charge in [-0.05, 0) is 25.0 Å². The Bertz CT molecular complexity index is 626. The Labute approximate surface area is 122 Å². The number of benzene rings is 1. The summed E-state index contributed by atoms with van der Waals surface area (Å²) in [6.45, 7) is 0.583. The largest absolute Gasteiger partial charge is 0.389 e. The summed E-state index contributed by atoms with van der Waals surface area (Å²) in [7, 11) is -3.73. The molecule has 1 atom stereocenters. The number of carbonyl (C=O) groups is 1. The molecule has 1 aliphatic heterocycles. The van der Waals surface area contributed by atoms with Gasteiger partial charge in [0.15, 0.2) is 0 Å². The molecule has 1 saturated heterocycles. The summed E-state index contributed by atoms with van der Waals surface area (Å²) in [5.41, 5.74) is 6.05. The van der Waals surface area contributed by atoms with Gasteiger partial charge >= 0.3 is 0 Å². The van der Waals surface area contributed by atoms with Crippen molar-refractivity contribution in [2.45, 2.75) is 23.8 Å². The summed E-state index contributed by atoms with van der Waals surface area (Å²) in [5, 5.41) is 2.63. The van der Waals surface area contributed by atoms with Crippen LogP contribution in [0.3, 0.4) is 0 Å². The van der Waals surface area contributed by atoms with E-state index in [4.69, 9.17) is 18.0 Å². The first-order chi connectivity index (χ1) is 9.40. The van der Waals surface area contributed by atoms with Gasteiger partial charge in [0.25, 0.3) is 0 Å². The third kappa shape index (κ3) is 3.33. The van der Waals surface area contributed by atoms with Crippen molar-refractivity contribution in [1.29, 1.82) is 0 Å². The zero-order valence-corrected chi connectivity index (χ0v) is 12.3. The van der Waals surface area contributed by atoms with Crippen molar-refractivity contribution in [2.24, 2.45) is 5.73 Å². The van der Waals surface area contributed by atoms with Gasteiger partial charge in [-0.3, -0.25) is 4.79 Å². The Morgan fingerprint density at radius 1 is 1.35 bits per heavy atom. The minimum absolute atomic E-state index is 0.0795. The van der Waals surface area contributed by atoms with Gasteiger partial charge in [0, 0.05) is 12.1 Å². The summed E-state index contributed by atoms with van der Waals surface area (Å²) in [6.07, 6.45) is 1.25. The van der Waals surface area contributed by atoms with Crippen LogP contribution < -0.4 is 15.8 Å². The molecule has 0 aliphatic carbocycles. The van der Waals surface area contributed by atoms with E-state index in [9.17, 15) is 13.2 Å². The predicted octanol–water partition coefficient (Wildman–Crippen LogP) is -0.122. The molecule has 2 rings (SSSR count). The molecule has 0 spiro atoms. The number of piperidine rings is 1. The summed E-state index contributed by atoms with van der Waals surface area (Å²) in [5.74, 6) is -0.292. The quantitative estimate of drug-likeness (QED) is 0.673. The van der Waals surface area contributed by atoms with Gasteiger partial charge in [-0.25, -0.2) is 8.42 Å². The number of hydrogen-bond acceptors (Lipinski definition) is 4. The first-order valence-corrected chi connectivity index (χ1v) is 7.99. The molecule has 0 aromatic heterocycles. The van der Waals surface area contributed by atoms with Crippen LogP contribution in [0.25, 0.3) is 0 Å². The van der Waals surface area contributed by atoms with Gasteiger partial charge < -0.3 is 11.1 Å². The Kier molecular flexibility index (Phi) is 4.36. The first-order valence-electron chi connectivity index (χ1n) is 6.10. The molecule has 1 aromatic carbocycles. The van der Waals surface area contributed by atoms with Crippen LogP contribution in [0.1, 0.15) is 18.4 Å². The highest BCUT2D eigenvalue weighted by atomic mass is 32.2. The summed E-state index contributed by atoms with van der Waals surface area (Å²) in [4.78, 5) is 11.9. The summed E-state index contributed by atoms with van der Waals surface area (Å²) >= 11 is 4.80. The first kappa shape index (κ1) is 14.9. The van der Waals surface area contributed by atoms with E-state index < -0.39 is 16.1 Å². The number of amides is 1. The monoisotopic (exact) mass is 313 g/mol. The second kappa shape index (κ2) is 5.86. The van der Waals surface area contributed by atoms with Crippen LogP contribution in [0.2, 0.25) is 0 Å². The van der Waals surface area contributed by atoms with Crippen molar-refractivity contribution in [3.05, 3.63) is 29.8 Å². The van der Waals surface area contributed by atoms with Crippen molar-refractivity contribution in [3.63, 3.8) is 0 Å². The second-order valence-corrected chi connectivity index (χ2v) is 6.65. The number of nitrogens with two attached hydrogens (primary N) is 1. The molecular weight excluding hydrogens is 298 g/mol. The lowest BCUT2D eigenvalue weighted by molar-refractivity contribution is -0.124. The van der Waals surface area contributed by atoms with Gasteiger partial charge in [-0.2, -0.15) is 4.72 Å². The SMILES string of the molecule is NC(=S)c1ccc(S(=O)(=O)NC2CCCNC2=O)cc1. The fourth-order valence-corrected chi connectivity index (χ4v) is 3.30. The second-order valence-electron chi connectivity index (χ2n) is 4.50. The third-order valence-electron chi connectivity index (χ3n) is 3.03. The topological polar surface area (TPSA) is 101 Å². The number of carbonyl (C=O) groups excluding carboxylic acids is 1. The summed E-state index contributed by atoms with van der Waals surface area (Å²) < 4.78 is 26.7. The van der Waals surface area contributed by atoms with Gasteiger partial charge in [-0.1, -0.05) is 24.4 Å². The van der Waals surface area contributed by atoms with E-state index in [1.54, 1.807) is 0 Å². The maximum Gasteiger partial charge on any atom is 0.241 e. The van der Waals surface area contributed by atoms with Gasteiger partial charge in [0.1, 0.15) is 11.0 Å². The lowest BCUT2D eigenvalue weighted by Crippen LogP contribution is -2.50. The number of thiocarbonyl (C=S) groups is 1. The van der Waals surface area contributed by atoms with Crippen molar-refractivity contribution in [2.75, 3.05) is 6.54 Å². The molecule has 0 radical (unpaired) electrons. The van der Waals surface area contributed by atoms with Crippen LogP contribution in [-0.4, -0.2) is 31.9 Å². The zero-order chi connectivity index (χ0) is 14.8. The Balaban J connectivity index is 2.17. The molecule has 1 unspecified atom stereocenters. The highest BCUT2D eigenvalue weighted by Crippen LogP contribution is 2.13. The molecule has 8 heteroatoms. The molecule has 0 saturated carbocycles. The number of nitrogens with one attached hydrogen (secondary N) is 2. The van der Waals surface area contributed by atoms with E-state index in [0.29, 0.717) is 18.5 Å². The fourth-order valence-electron chi connectivity index (χ4n) is 1.94. The van der Waals surface area contributed by atoms with E-state index in [-0.39, 0.29) is 15.8 Å². The minimum Gasteiger partial charge on any atom is -0.389 e. The Hall–Kier alpha value is -1.51. The Morgan fingerprint density at radius 2 is 2.00 bits per heavy atom. The average molecular weight is 313 g/mol. The van der Waals surface area contributed by atoms with Crippen LogP contribution in [0.4, 0.5) is 0 Å². The van der Waals surface area contributed by atoms with Gasteiger partial charge in [-0.15, -0.1) is 0 Å². The third-order valence-corrected chi connectivity index (χ3v) is 4.76. The Morgan fingerprint density at radius 3 is 2.55 bits per heavy atom. The van der Waals surface area contributed by atoms with E-state index in [1.807, 2.05) is 0 Å². The number of hydrogen-bond donors (Lipinski definition) is 3. The minimum atomic E-state index is -3.73. The summed E-state index contributed by atoms with van der Waals surface area (Å²) in [6, 6.07) is 5.19. The van der Waals surface area contributed by atoms with Crippen LogP contribution >= 0.6 is 12.2 Å². The molecule has 1 aliphatic rings. The molecule has 108 valence electrons. The fraction of sp³-hybridized carbons (Fsp3) is 0.333. The molecule has 1 fully saturated rings. The predicted molar refractivity (Wildman–Crippen MR) is 78.7 cm³/mol. The van der Waals surface area contributed by atoms with E-state index in [1.165, 1.54) is 24.3 Å². The van der Waals surface area contributed by atoms with Crippen molar-refractivity contribution < 1.29 is 13.2 Å². The van der Waals surface area contributed by atoms with Gasteiger partial charge in [0.05, 0.1) is 4.90 Å². The molecule has 1 heterocycles. The molecule has 1 aromatic rings. The van der Waals surface area contributed by atoms with E-state index >= 15 is 0 Å². The standard InChI is InChI=1S/C12H15N3O3S2/c13-11(19)8-3-5-9(6-4-8)20(17,18)15-10-2-1-7-14-12(10)16/h3-6,10,15H,1-2,7H2,(H2,13,19)(H,14,16). The van der Waals surface area contributed by atoms with Gasteiger partial charge in [0.2, 0.25) is 15.9 Å². The van der Waals surface area contributed by atoms with Crippen LogP contribution in [0, 0.1) is 0 Å². The van der Waals surface area contributed by atoms with Crippen LogP contribution in [-0.2, 0) is 14.8 Å². The normalized spacial score (nSPS) is 19.4. The van der Waals surface area contributed by atoms with Crippen LogP contribution in [0.15, 0.2) is 29.2 Å². The molecule has 1 amide bonds. The molecule has 4 N–H and O–H groups in total. The highest BCUT2D eigenvalue weighted by molar-refractivity contribution is 7.89. The number of rotatable bonds is 4. The number of sulfonamides is 1. The molecule has 0 bridgehead atoms. The maximum absolute atomic E-state index is 12.2. The zero-order valence-electron chi connectivity index (χ0n) is 10.6. The van der Waals surface area contributed by atoms with Crippen LogP contribution in [0.5, 0.6) is 0 Å². The molecule has 6 nitrogen and oxygen atoms in total. The van der Waals surface area contributed by atoms with E-state index in [2.05, 4.69) is 10.0 Å². The smallest absolute Gasteiger partial charge is 0.241 e. The molecule has 20 heavy (non-hydrogen) atoms. The maximum atomic E-state index is 12.2. The highest BCUT2D eigenvalue weighted by Gasteiger charge is 2.27. The van der Waals surface area contributed by atoms with E-state index in [0.717, 1.165) is 6.42 Å². The lowest BCUT2D eigenvalue weighted by atomic mass is 10.1. The lowest BCUT2D eigenvalue weighted by Gasteiger charge is -2.22.